The fourth-order valence-corrected chi connectivity index (χ4v) is 0.743. The highest BCUT2D eigenvalue weighted by molar-refractivity contribution is 8.13. The molecule has 0 heterocycles. The first-order valence-corrected chi connectivity index (χ1v) is 4.42. The van der Waals surface area contributed by atoms with E-state index in [1.807, 2.05) is 0 Å². The van der Waals surface area contributed by atoms with Gasteiger partial charge in [-0.2, -0.15) is 4.99 Å². The zero-order valence-corrected chi connectivity index (χ0v) is 8.30. The van der Waals surface area contributed by atoms with E-state index < -0.39 is 12.2 Å². The molecule has 0 bridgehead atoms. The Morgan fingerprint density at radius 2 is 2.00 bits per heavy atom. The first-order chi connectivity index (χ1) is 6.13. The van der Waals surface area contributed by atoms with Crippen molar-refractivity contribution in [1.29, 1.82) is 0 Å². The lowest BCUT2D eigenvalue weighted by Crippen LogP contribution is -2.28. The topological polar surface area (TPSA) is 77.0 Å². The molecule has 0 radical (unpaired) electrons. The number of hydrogen-bond acceptors (Lipinski definition) is 5. The number of thioether (sulfide) groups is 1. The Labute approximate surface area is 79.7 Å². The summed E-state index contributed by atoms with van der Waals surface area (Å²) < 4.78 is 8.57. The lowest BCUT2D eigenvalue weighted by Gasteiger charge is -2.02. The normalized spacial score (nSPS) is 10.5. The molecule has 0 rings (SSSR count). The van der Waals surface area contributed by atoms with Gasteiger partial charge in [0.2, 0.25) is 0 Å². The largest absolute Gasteiger partial charge is 0.453 e. The molecule has 0 spiro atoms. The Morgan fingerprint density at radius 3 is 2.38 bits per heavy atom. The number of rotatable bonds is 0. The molecule has 0 saturated heterocycles. The molecule has 0 saturated carbocycles. The number of ether oxygens (including phenoxy) is 2. The molecule has 0 unspecified atom stereocenters. The molecule has 0 aromatic rings. The maximum atomic E-state index is 10.7. The summed E-state index contributed by atoms with van der Waals surface area (Å²) in [5.41, 5.74) is 0. The van der Waals surface area contributed by atoms with Gasteiger partial charge < -0.3 is 9.47 Å². The summed E-state index contributed by atoms with van der Waals surface area (Å²) >= 11 is 1.09. The highest BCUT2D eigenvalue weighted by atomic mass is 32.2. The molecule has 0 aromatic heterocycles. The smallest absolute Gasteiger partial charge is 0.435 e. The summed E-state index contributed by atoms with van der Waals surface area (Å²) in [6, 6.07) is 0. The maximum absolute atomic E-state index is 10.7. The first-order valence-electron chi connectivity index (χ1n) is 3.19. The van der Waals surface area contributed by atoms with Gasteiger partial charge in [0, 0.05) is 0 Å². The van der Waals surface area contributed by atoms with Crippen LogP contribution in [0.3, 0.4) is 0 Å². The number of alkyl carbamates (subject to hydrolysis) is 1. The van der Waals surface area contributed by atoms with Crippen molar-refractivity contribution in [2.75, 3.05) is 20.5 Å². The van der Waals surface area contributed by atoms with E-state index in [-0.39, 0.29) is 5.17 Å². The summed E-state index contributed by atoms with van der Waals surface area (Å²) in [6.45, 7) is 0. The molecule has 0 aliphatic heterocycles. The minimum absolute atomic E-state index is 0.124. The first kappa shape index (κ1) is 11.8. The van der Waals surface area contributed by atoms with Crippen LogP contribution in [0.2, 0.25) is 0 Å². The maximum Gasteiger partial charge on any atom is 0.435 e. The third-order valence-corrected chi connectivity index (χ3v) is 1.54. The fourth-order valence-electron chi connectivity index (χ4n) is 0.392. The Bertz CT molecular complexity index is 229. The van der Waals surface area contributed by atoms with Crippen molar-refractivity contribution in [1.82, 2.24) is 5.32 Å². The minimum atomic E-state index is -0.777. The quantitative estimate of drug-likeness (QED) is 0.471. The Morgan fingerprint density at radius 1 is 1.38 bits per heavy atom. The summed E-state index contributed by atoms with van der Waals surface area (Å²) in [4.78, 5) is 24.7. The average molecular weight is 208 g/mol. The van der Waals surface area contributed by atoms with Crippen LogP contribution in [0.25, 0.3) is 0 Å². The average Bonchev–Trinajstić information content (AvgIpc) is 2.16. The highest BCUT2D eigenvalue weighted by Crippen LogP contribution is 1.96. The van der Waals surface area contributed by atoms with E-state index >= 15 is 0 Å². The zero-order valence-electron chi connectivity index (χ0n) is 7.49. The molecule has 13 heavy (non-hydrogen) atoms. The second-order valence-corrected chi connectivity index (χ2v) is 2.50. The van der Waals surface area contributed by atoms with Crippen LogP contribution in [0.4, 0.5) is 9.59 Å². The van der Waals surface area contributed by atoms with Crippen molar-refractivity contribution in [2.45, 2.75) is 0 Å². The van der Waals surface area contributed by atoms with Crippen molar-refractivity contribution in [3.05, 3.63) is 0 Å². The SMILES string of the molecule is COC(=O)/N=[14C](/NC(=O)OC)SC. The van der Waals surface area contributed by atoms with Gasteiger partial charge in [0.05, 0.1) is 14.2 Å². The lowest BCUT2D eigenvalue weighted by atomic mass is 11.2. The molecule has 74 valence electrons. The predicted molar refractivity (Wildman–Crippen MR) is 48.9 cm³/mol. The van der Waals surface area contributed by atoms with Crippen LogP contribution in [0.1, 0.15) is 0 Å². The van der Waals surface area contributed by atoms with E-state index in [0.29, 0.717) is 0 Å². The van der Waals surface area contributed by atoms with E-state index in [4.69, 9.17) is 0 Å². The van der Waals surface area contributed by atoms with Crippen molar-refractivity contribution < 1.29 is 19.1 Å². The summed E-state index contributed by atoms with van der Waals surface area (Å²) in [5, 5.41) is 2.36. The molecule has 0 aliphatic rings. The van der Waals surface area contributed by atoms with Gasteiger partial charge in [0.25, 0.3) is 0 Å². The van der Waals surface area contributed by atoms with Crippen LogP contribution in [0.5, 0.6) is 0 Å². The van der Waals surface area contributed by atoms with Crippen LogP contribution in [0, 0.1) is 0 Å². The van der Waals surface area contributed by atoms with Crippen molar-refractivity contribution >= 4 is 29.1 Å². The Hall–Kier alpha value is -1.24. The number of hydrogen-bond donors (Lipinski definition) is 1. The second kappa shape index (κ2) is 6.30. The van der Waals surface area contributed by atoms with Gasteiger partial charge in [-0.15, -0.1) is 0 Å². The Kier molecular flexibility index (Phi) is 5.69. The van der Waals surface area contributed by atoms with Crippen LogP contribution in [0.15, 0.2) is 4.99 Å². The van der Waals surface area contributed by atoms with Crippen LogP contribution in [-0.2, 0) is 9.47 Å². The molecule has 1 N–H and O–H groups in total. The number of amidine groups is 1. The molecule has 0 aliphatic carbocycles. The molecule has 0 aromatic carbocycles. The van der Waals surface area contributed by atoms with Gasteiger partial charge in [-0.3, -0.25) is 5.32 Å². The van der Waals surface area contributed by atoms with E-state index in [0.717, 1.165) is 11.8 Å². The predicted octanol–water partition coefficient (Wildman–Crippen LogP) is 0.828. The molecular formula is C6H10N2O4S. The number of nitrogens with zero attached hydrogens (tertiary/aromatic N) is 1. The molecule has 2 amide bonds. The number of aliphatic imine (C=N–C) groups is 1. The van der Waals surface area contributed by atoms with Crippen molar-refractivity contribution in [3.8, 4) is 0 Å². The van der Waals surface area contributed by atoms with E-state index in [9.17, 15) is 9.59 Å². The lowest BCUT2D eigenvalue weighted by molar-refractivity contribution is 0.176. The number of carbonyl (C=O) groups excluding carboxylic acids is 2. The van der Waals surface area contributed by atoms with Gasteiger partial charge in [0.15, 0.2) is 5.17 Å². The monoisotopic (exact) mass is 208 g/mol. The van der Waals surface area contributed by atoms with E-state index in [1.54, 1.807) is 6.26 Å². The molecule has 0 atom stereocenters. The third-order valence-electron chi connectivity index (χ3n) is 0.955. The summed E-state index contributed by atoms with van der Waals surface area (Å²) in [7, 11) is 2.41. The van der Waals surface area contributed by atoms with Gasteiger partial charge in [-0.05, 0) is 6.26 Å². The number of carbonyl (C=O) groups is 2. The molecule has 7 heteroatoms. The van der Waals surface area contributed by atoms with Crippen LogP contribution >= 0.6 is 11.8 Å². The zero-order chi connectivity index (χ0) is 10.3. The molecule has 6 nitrogen and oxygen atoms in total. The second-order valence-electron chi connectivity index (χ2n) is 1.71. The van der Waals surface area contributed by atoms with Crippen molar-refractivity contribution in [2.24, 2.45) is 4.99 Å². The van der Waals surface area contributed by atoms with Crippen molar-refractivity contribution in [3.63, 3.8) is 0 Å². The molecular weight excluding hydrogens is 198 g/mol. The molecule has 0 fully saturated rings. The van der Waals surface area contributed by atoms with E-state index in [1.165, 1.54) is 14.2 Å². The van der Waals surface area contributed by atoms with Gasteiger partial charge in [-0.1, -0.05) is 11.8 Å². The minimum Gasteiger partial charge on any atom is -0.453 e. The number of methoxy groups -OCH3 is 2. The van der Waals surface area contributed by atoms with Crippen LogP contribution in [-0.4, -0.2) is 37.8 Å². The number of amides is 2. The van der Waals surface area contributed by atoms with Gasteiger partial charge in [0.1, 0.15) is 0 Å². The van der Waals surface area contributed by atoms with Gasteiger partial charge >= 0.3 is 12.2 Å². The standard InChI is InChI=1S/C6H10N2O4S/c1-11-5(9)7-4(13-3)8-6(10)12-2/h1-3H3,(H,7,8,9,10)/i4+2. The Balaban J connectivity index is 4.25. The number of nitrogens with one attached hydrogen (secondary N) is 1. The third kappa shape index (κ3) is 5.07. The van der Waals surface area contributed by atoms with Crippen LogP contribution < -0.4 is 5.32 Å². The summed E-state index contributed by atoms with van der Waals surface area (Å²) in [6.07, 6.45) is 0.190. The highest BCUT2D eigenvalue weighted by Gasteiger charge is 2.06. The summed E-state index contributed by atoms with van der Waals surface area (Å²) in [5.74, 6) is 0. The van der Waals surface area contributed by atoms with E-state index in [2.05, 4.69) is 19.8 Å². The van der Waals surface area contributed by atoms with Gasteiger partial charge in [-0.25, -0.2) is 9.59 Å². The fraction of sp³-hybridized carbons (Fsp3) is 0.500.